The molecule has 5 heteroatoms. The van der Waals surface area contributed by atoms with Crippen LogP contribution >= 0.6 is 11.6 Å². The quantitative estimate of drug-likeness (QED) is 0.691. The van der Waals surface area contributed by atoms with Crippen LogP contribution in [0.25, 0.3) is 11.0 Å². The van der Waals surface area contributed by atoms with E-state index in [-0.39, 0.29) is 0 Å². The van der Waals surface area contributed by atoms with Crippen LogP contribution in [-0.4, -0.2) is 15.4 Å². The zero-order valence-electron chi connectivity index (χ0n) is 10.7. The van der Waals surface area contributed by atoms with Crippen molar-refractivity contribution in [3.05, 3.63) is 53.7 Å². The van der Waals surface area contributed by atoms with E-state index in [1.165, 1.54) is 0 Å². The van der Waals surface area contributed by atoms with Crippen LogP contribution in [0.3, 0.4) is 0 Å². The molecule has 4 nitrogen and oxygen atoms in total. The summed E-state index contributed by atoms with van der Waals surface area (Å²) in [6.45, 7) is 0.588. The summed E-state index contributed by atoms with van der Waals surface area (Å²) in [6.07, 6.45) is 2.33. The number of hydrogen-bond acceptors (Lipinski definition) is 3. The second kappa shape index (κ2) is 5.40. The topological polar surface area (TPSA) is 54.8 Å². The number of alkyl halides is 1. The molecular weight excluding hydrogens is 274 g/mol. The van der Waals surface area contributed by atoms with E-state index in [1.54, 1.807) is 12.3 Å². The monoisotopic (exact) mass is 285 g/mol. The highest BCUT2D eigenvalue weighted by atomic mass is 35.5. The summed E-state index contributed by atoms with van der Waals surface area (Å²) in [6, 6.07) is 11.4. The molecule has 3 rings (SSSR count). The van der Waals surface area contributed by atoms with Gasteiger partial charge in [0.25, 0.3) is 0 Å². The molecule has 0 N–H and O–H groups in total. The van der Waals surface area contributed by atoms with Gasteiger partial charge in [-0.25, -0.2) is 4.98 Å². The van der Waals surface area contributed by atoms with Gasteiger partial charge in [0.2, 0.25) is 0 Å². The number of aryl methyl sites for hydroxylation is 1. The van der Waals surface area contributed by atoms with Gasteiger partial charge in [-0.2, -0.15) is 5.26 Å². The zero-order chi connectivity index (χ0) is 13.9. The first-order chi connectivity index (χ1) is 9.81. The molecule has 0 radical (unpaired) electrons. The summed E-state index contributed by atoms with van der Waals surface area (Å²) in [5, 5.41) is 9.04. The molecule has 0 aliphatic heterocycles. The van der Waals surface area contributed by atoms with Gasteiger partial charge in [-0.15, -0.1) is 11.6 Å². The molecule has 1 aromatic carbocycles. The van der Waals surface area contributed by atoms with E-state index >= 15 is 0 Å². The maximum Gasteiger partial charge on any atom is 0.123 e. The average molecular weight is 286 g/mol. The van der Waals surface area contributed by atoms with E-state index in [4.69, 9.17) is 21.3 Å². The van der Waals surface area contributed by atoms with E-state index in [0.29, 0.717) is 24.4 Å². The van der Waals surface area contributed by atoms with Crippen molar-refractivity contribution in [1.82, 2.24) is 9.55 Å². The predicted molar refractivity (Wildman–Crippen MR) is 76.7 cm³/mol. The molecule has 0 amide bonds. The Morgan fingerprint density at radius 3 is 2.95 bits per heavy atom. The van der Waals surface area contributed by atoms with Crippen LogP contribution in [0.2, 0.25) is 0 Å². The van der Waals surface area contributed by atoms with Gasteiger partial charge in [0.15, 0.2) is 0 Å². The highest BCUT2D eigenvalue weighted by molar-refractivity contribution is 6.17. The smallest absolute Gasteiger partial charge is 0.123 e. The summed E-state index contributed by atoms with van der Waals surface area (Å²) in [5.74, 6) is 2.26. The van der Waals surface area contributed by atoms with E-state index in [0.717, 1.165) is 22.6 Å². The normalized spacial score (nSPS) is 10.8. The van der Waals surface area contributed by atoms with Gasteiger partial charge in [-0.05, 0) is 30.3 Å². The Labute approximate surface area is 121 Å². The molecule has 0 atom stereocenters. The number of furan rings is 1. The summed E-state index contributed by atoms with van der Waals surface area (Å²) >= 11 is 5.85. The van der Waals surface area contributed by atoms with Crippen molar-refractivity contribution in [3.63, 3.8) is 0 Å². The van der Waals surface area contributed by atoms with Crippen LogP contribution < -0.4 is 0 Å². The Hall–Kier alpha value is -2.25. The van der Waals surface area contributed by atoms with Crippen molar-refractivity contribution in [1.29, 1.82) is 5.26 Å². The van der Waals surface area contributed by atoms with Crippen molar-refractivity contribution in [2.75, 3.05) is 5.88 Å². The second-order valence-corrected chi connectivity index (χ2v) is 4.83. The van der Waals surface area contributed by atoms with Crippen LogP contribution in [0.5, 0.6) is 0 Å². The Bertz CT molecular complexity index is 768. The Balaban J connectivity index is 2.14. The summed E-state index contributed by atoms with van der Waals surface area (Å²) in [7, 11) is 0. The minimum atomic E-state index is 0.507. The van der Waals surface area contributed by atoms with Crippen molar-refractivity contribution in [2.24, 2.45) is 0 Å². The number of benzene rings is 1. The average Bonchev–Trinajstić information content (AvgIpc) is 3.08. The number of nitriles is 1. The minimum absolute atomic E-state index is 0.507. The van der Waals surface area contributed by atoms with Crippen molar-refractivity contribution in [2.45, 2.75) is 13.0 Å². The first kappa shape index (κ1) is 12.8. The van der Waals surface area contributed by atoms with E-state index < -0.39 is 0 Å². The Kier molecular flexibility index (Phi) is 3.44. The SMILES string of the molecule is N#Cc1ccc2nc(CCCl)n(Cc3ccco3)c2c1. The summed E-state index contributed by atoms with van der Waals surface area (Å²) in [5.41, 5.74) is 2.42. The fourth-order valence-corrected chi connectivity index (χ4v) is 2.42. The first-order valence-electron chi connectivity index (χ1n) is 6.29. The molecule has 0 saturated carbocycles. The third kappa shape index (κ3) is 2.28. The molecule has 0 fully saturated rings. The Morgan fingerprint density at radius 1 is 1.35 bits per heavy atom. The van der Waals surface area contributed by atoms with Crippen LogP contribution in [0.15, 0.2) is 41.0 Å². The third-order valence-corrected chi connectivity index (χ3v) is 3.36. The number of nitrogens with zero attached hydrogens (tertiary/aromatic N) is 3. The standard InChI is InChI=1S/C15H12ClN3O/c16-6-5-15-18-13-4-3-11(9-17)8-14(13)19(15)10-12-2-1-7-20-12/h1-4,7-8H,5-6,10H2. The van der Waals surface area contributed by atoms with E-state index in [2.05, 4.69) is 15.6 Å². The molecule has 20 heavy (non-hydrogen) atoms. The van der Waals surface area contributed by atoms with E-state index in [9.17, 15) is 0 Å². The molecule has 3 aromatic rings. The molecule has 0 unspecified atom stereocenters. The zero-order valence-corrected chi connectivity index (χ0v) is 11.5. The van der Waals surface area contributed by atoms with Crippen LogP contribution in [0.1, 0.15) is 17.1 Å². The minimum Gasteiger partial charge on any atom is -0.467 e. The molecule has 2 heterocycles. The third-order valence-electron chi connectivity index (χ3n) is 3.17. The van der Waals surface area contributed by atoms with Crippen molar-refractivity contribution in [3.8, 4) is 6.07 Å². The van der Waals surface area contributed by atoms with Gasteiger partial charge in [0.05, 0.1) is 35.5 Å². The van der Waals surface area contributed by atoms with Crippen LogP contribution in [-0.2, 0) is 13.0 Å². The van der Waals surface area contributed by atoms with E-state index in [1.807, 2.05) is 24.3 Å². The lowest BCUT2D eigenvalue weighted by atomic mass is 10.2. The lowest BCUT2D eigenvalue weighted by molar-refractivity contribution is 0.492. The van der Waals surface area contributed by atoms with Crippen LogP contribution in [0.4, 0.5) is 0 Å². The summed E-state index contributed by atoms with van der Waals surface area (Å²) < 4.78 is 7.45. The molecule has 2 aromatic heterocycles. The van der Waals surface area contributed by atoms with Gasteiger partial charge in [-0.3, -0.25) is 0 Å². The number of fused-ring (bicyclic) bond motifs is 1. The maximum absolute atomic E-state index is 9.04. The maximum atomic E-state index is 9.04. The molecule has 0 bridgehead atoms. The van der Waals surface area contributed by atoms with Gasteiger partial charge >= 0.3 is 0 Å². The number of rotatable bonds is 4. The molecule has 0 aliphatic carbocycles. The number of hydrogen-bond donors (Lipinski definition) is 0. The highest BCUT2D eigenvalue weighted by Crippen LogP contribution is 2.20. The number of halogens is 1. The molecule has 100 valence electrons. The Morgan fingerprint density at radius 2 is 2.25 bits per heavy atom. The fraction of sp³-hybridized carbons (Fsp3) is 0.200. The molecule has 0 aliphatic rings. The molecule has 0 spiro atoms. The second-order valence-electron chi connectivity index (χ2n) is 4.45. The number of imidazole rings is 1. The fourth-order valence-electron chi connectivity index (χ4n) is 2.25. The van der Waals surface area contributed by atoms with Crippen molar-refractivity contribution >= 4 is 22.6 Å². The highest BCUT2D eigenvalue weighted by Gasteiger charge is 2.12. The van der Waals surface area contributed by atoms with Gasteiger partial charge in [0, 0.05) is 12.3 Å². The van der Waals surface area contributed by atoms with Gasteiger partial charge in [-0.1, -0.05) is 0 Å². The predicted octanol–water partition coefficient (Wildman–Crippen LogP) is 3.33. The van der Waals surface area contributed by atoms with Crippen LogP contribution in [0, 0.1) is 11.3 Å². The van der Waals surface area contributed by atoms with Crippen molar-refractivity contribution < 1.29 is 4.42 Å². The summed E-state index contributed by atoms with van der Waals surface area (Å²) in [4.78, 5) is 4.59. The molecular formula is C15H12ClN3O. The molecule has 0 saturated heterocycles. The number of aromatic nitrogens is 2. The first-order valence-corrected chi connectivity index (χ1v) is 6.83. The van der Waals surface area contributed by atoms with Gasteiger partial charge < -0.3 is 8.98 Å². The largest absolute Gasteiger partial charge is 0.467 e. The lowest BCUT2D eigenvalue weighted by Gasteiger charge is -2.06. The van der Waals surface area contributed by atoms with Gasteiger partial charge in [0.1, 0.15) is 11.6 Å². The lowest BCUT2D eigenvalue weighted by Crippen LogP contribution is -2.05.